The summed E-state index contributed by atoms with van der Waals surface area (Å²) in [6.45, 7) is 8.02. The van der Waals surface area contributed by atoms with Gasteiger partial charge in [-0.3, -0.25) is 0 Å². The zero-order valence-electron chi connectivity index (χ0n) is 13.6. The highest BCUT2D eigenvalue weighted by atomic mass is 16.5. The summed E-state index contributed by atoms with van der Waals surface area (Å²) in [4.78, 5) is 11.4. The van der Waals surface area contributed by atoms with E-state index in [0.29, 0.717) is 12.5 Å². The summed E-state index contributed by atoms with van der Waals surface area (Å²) < 4.78 is 5.66. The molecule has 1 aromatic rings. The van der Waals surface area contributed by atoms with Crippen LogP contribution >= 0.6 is 0 Å². The molecule has 2 rings (SSSR count). The Balaban J connectivity index is 1.94. The average molecular weight is 292 g/mol. The van der Waals surface area contributed by atoms with Crippen molar-refractivity contribution in [2.75, 3.05) is 38.2 Å². The van der Waals surface area contributed by atoms with Gasteiger partial charge in [-0.05, 0) is 52.1 Å². The minimum Gasteiger partial charge on any atom is -0.478 e. The van der Waals surface area contributed by atoms with Crippen molar-refractivity contribution in [3.63, 3.8) is 0 Å². The molecular weight excluding hydrogens is 264 g/mol. The molecule has 1 fully saturated rings. The van der Waals surface area contributed by atoms with Crippen molar-refractivity contribution in [2.24, 2.45) is 5.92 Å². The first kappa shape index (κ1) is 16.0. The van der Waals surface area contributed by atoms with E-state index in [-0.39, 0.29) is 0 Å². The maximum absolute atomic E-state index is 5.66. The lowest BCUT2D eigenvalue weighted by Crippen LogP contribution is -2.35. The minimum atomic E-state index is 0.705. The van der Waals surface area contributed by atoms with Gasteiger partial charge in [-0.2, -0.15) is 4.98 Å². The number of hydrogen-bond donors (Lipinski definition) is 1. The first-order chi connectivity index (χ1) is 10.2. The molecule has 0 atom stereocenters. The summed E-state index contributed by atoms with van der Waals surface area (Å²) in [7, 11) is 2.02. The van der Waals surface area contributed by atoms with Crippen LogP contribution in [0.5, 0.6) is 5.88 Å². The lowest BCUT2D eigenvalue weighted by atomic mass is 9.94. The summed E-state index contributed by atoms with van der Waals surface area (Å²) in [6.07, 6.45) is 4.72. The fourth-order valence-corrected chi connectivity index (χ4v) is 2.72. The quantitative estimate of drug-likeness (QED) is 0.836. The van der Waals surface area contributed by atoms with E-state index >= 15 is 0 Å². The second-order valence-corrected chi connectivity index (χ2v) is 5.82. The molecule has 5 heteroatoms. The van der Waals surface area contributed by atoms with Crippen molar-refractivity contribution >= 4 is 5.95 Å². The Morgan fingerprint density at radius 3 is 2.76 bits per heavy atom. The summed E-state index contributed by atoms with van der Waals surface area (Å²) in [6, 6.07) is 1.92. The third-order valence-electron chi connectivity index (χ3n) is 3.97. The van der Waals surface area contributed by atoms with E-state index in [4.69, 9.17) is 4.74 Å². The van der Waals surface area contributed by atoms with E-state index < -0.39 is 0 Å². The molecule has 118 valence electrons. The van der Waals surface area contributed by atoms with Gasteiger partial charge in [-0.25, -0.2) is 4.98 Å². The lowest BCUT2D eigenvalue weighted by Gasteiger charge is -2.32. The van der Waals surface area contributed by atoms with E-state index in [1.165, 1.54) is 19.3 Å². The van der Waals surface area contributed by atoms with Crippen molar-refractivity contribution in [1.29, 1.82) is 0 Å². The summed E-state index contributed by atoms with van der Waals surface area (Å²) >= 11 is 0. The van der Waals surface area contributed by atoms with Gasteiger partial charge < -0.3 is 15.0 Å². The number of nitrogens with one attached hydrogen (secondary N) is 1. The Kier molecular flexibility index (Phi) is 6.23. The SMILES string of the molecule is CCCOc1cc(C)nc(N2CCC(CCNC)CC2)n1. The number of ether oxygens (including phenoxy) is 1. The van der Waals surface area contributed by atoms with Gasteiger partial charge in [0.1, 0.15) is 0 Å². The Hall–Kier alpha value is -1.36. The fraction of sp³-hybridized carbons (Fsp3) is 0.750. The number of aromatic nitrogens is 2. The first-order valence-corrected chi connectivity index (χ1v) is 8.11. The molecule has 1 aromatic heterocycles. The van der Waals surface area contributed by atoms with Gasteiger partial charge in [0.15, 0.2) is 0 Å². The largest absolute Gasteiger partial charge is 0.478 e. The van der Waals surface area contributed by atoms with Crippen molar-refractivity contribution in [1.82, 2.24) is 15.3 Å². The highest BCUT2D eigenvalue weighted by molar-refractivity contribution is 5.34. The predicted molar refractivity (Wildman–Crippen MR) is 86.0 cm³/mol. The number of rotatable bonds is 7. The smallest absolute Gasteiger partial charge is 0.228 e. The zero-order valence-corrected chi connectivity index (χ0v) is 13.6. The molecule has 21 heavy (non-hydrogen) atoms. The monoisotopic (exact) mass is 292 g/mol. The number of piperidine rings is 1. The number of aryl methyl sites for hydroxylation is 1. The summed E-state index contributed by atoms with van der Waals surface area (Å²) in [5, 5.41) is 3.24. The molecule has 0 saturated carbocycles. The fourth-order valence-electron chi connectivity index (χ4n) is 2.72. The molecule has 1 aliphatic rings. The normalized spacial score (nSPS) is 16.2. The Morgan fingerprint density at radius 1 is 1.33 bits per heavy atom. The van der Waals surface area contributed by atoms with Crippen molar-refractivity contribution in [2.45, 2.75) is 39.5 Å². The molecule has 0 bridgehead atoms. The zero-order chi connectivity index (χ0) is 15.1. The van der Waals surface area contributed by atoms with E-state index in [0.717, 1.165) is 43.6 Å². The third kappa shape index (κ3) is 4.84. The van der Waals surface area contributed by atoms with E-state index in [1.807, 2.05) is 20.0 Å². The van der Waals surface area contributed by atoms with Crippen LogP contribution in [-0.4, -0.2) is 43.3 Å². The molecule has 0 radical (unpaired) electrons. The molecule has 2 heterocycles. The van der Waals surface area contributed by atoms with Crippen LogP contribution in [0.3, 0.4) is 0 Å². The second kappa shape index (κ2) is 8.17. The highest BCUT2D eigenvalue weighted by Gasteiger charge is 2.21. The van der Waals surface area contributed by atoms with Gasteiger partial charge in [0.2, 0.25) is 11.8 Å². The number of anilines is 1. The van der Waals surface area contributed by atoms with Crippen LogP contribution in [0.15, 0.2) is 6.07 Å². The Morgan fingerprint density at radius 2 is 2.10 bits per heavy atom. The lowest BCUT2D eigenvalue weighted by molar-refractivity contribution is 0.303. The van der Waals surface area contributed by atoms with Gasteiger partial charge in [0.25, 0.3) is 0 Å². The van der Waals surface area contributed by atoms with Crippen LogP contribution in [0.4, 0.5) is 5.95 Å². The second-order valence-electron chi connectivity index (χ2n) is 5.82. The van der Waals surface area contributed by atoms with Crippen LogP contribution < -0.4 is 15.0 Å². The van der Waals surface area contributed by atoms with Gasteiger partial charge >= 0.3 is 0 Å². The molecule has 0 aromatic carbocycles. The molecule has 0 unspecified atom stereocenters. The van der Waals surface area contributed by atoms with Crippen LogP contribution in [0.2, 0.25) is 0 Å². The minimum absolute atomic E-state index is 0.705. The van der Waals surface area contributed by atoms with Gasteiger partial charge in [-0.15, -0.1) is 0 Å². The molecule has 1 aliphatic heterocycles. The molecule has 0 aliphatic carbocycles. The van der Waals surface area contributed by atoms with Crippen LogP contribution in [0, 0.1) is 12.8 Å². The van der Waals surface area contributed by atoms with Crippen LogP contribution in [0.1, 0.15) is 38.3 Å². The van der Waals surface area contributed by atoms with E-state index in [9.17, 15) is 0 Å². The average Bonchev–Trinajstić information content (AvgIpc) is 2.51. The van der Waals surface area contributed by atoms with Gasteiger partial charge in [0, 0.05) is 24.8 Å². The molecule has 5 nitrogen and oxygen atoms in total. The van der Waals surface area contributed by atoms with Crippen LogP contribution in [0.25, 0.3) is 0 Å². The maximum atomic E-state index is 5.66. The standard InChI is InChI=1S/C16H28N4O/c1-4-11-21-15-12-13(2)18-16(19-15)20-9-6-14(7-10-20)5-8-17-3/h12,14,17H,4-11H2,1-3H3. The van der Waals surface area contributed by atoms with E-state index in [1.54, 1.807) is 0 Å². The third-order valence-corrected chi connectivity index (χ3v) is 3.97. The van der Waals surface area contributed by atoms with E-state index in [2.05, 4.69) is 27.1 Å². The topological polar surface area (TPSA) is 50.3 Å². The van der Waals surface area contributed by atoms with Gasteiger partial charge in [-0.1, -0.05) is 6.92 Å². The number of hydrogen-bond acceptors (Lipinski definition) is 5. The number of nitrogens with zero attached hydrogens (tertiary/aromatic N) is 3. The summed E-state index contributed by atoms with van der Waals surface area (Å²) in [5.41, 5.74) is 0.975. The van der Waals surface area contributed by atoms with Crippen molar-refractivity contribution in [3.05, 3.63) is 11.8 Å². The molecule has 0 spiro atoms. The van der Waals surface area contributed by atoms with Crippen molar-refractivity contribution in [3.8, 4) is 5.88 Å². The predicted octanol–water partition coefficient (Wildman–Crippen LogP) is 2.40. The van der Waals surface area contributed by atoms with Crippen LogP contribution in [-0.2, 0) is 0 Å². The maximum Gasteiger partial charge on any atom is 0.228 e. The highest BCUT2D eigenvalue weighted by Crippen LogP contribution is 2.24. The Bertz CT molecular complexity index is 430. The molecular formula is C16H28N4O. The van der Waals surface area contributed by atoms with Crippen molar-refractivity contribution < 1.29 is 4.74 Å². The molecule has 0 amide bonds. The Labute approximate surface area is 128 Å². The summed E-state index contributed by atoms with van der Waals surface area (Å²) in [5.74, 6) is 2.36. The van der Waals surface area contributed by atoms with Gasteiger partial charge in [0.05, 0.1) is 6.61 Å². The molecule has 1 N–H and O–H groups in total. The molecule has 1 saturated heterocycles. The first-order valence-electron chi connectivity index (χ1n) is 8.11.